The van der Waals surface area contributed by atoms with Gasteiger partial charge in [-0.25, -0.2) is 0 Å². The molecule has 0 spiro atoms. The normalized spacial score (nSPS) is 22.3. The van der Waals surface area contributed by atoms with Crippen LogP contribution in [0.2, 0.25) is 0 Å². The largest absolute Gasteiger partial charge is 0.481 e. The van der Waals surface area contributed by atoms with Gasteiger partial charge in [-0.2, -0.15) is 0 Å². The van der Waals surface area contributed by atoms with Crippen LogP contribution in [-0.2, 0) is 14.4 Å². The number of fused-ring (bicyclic) bond motifs is 3. The number of anilines is 1. The van der Waals surface area contributed by atoms with Crippen molar-refractivity contribution >= 4 is 29.4 Å². The smallest absolute Gasteiger partial charge is 0.303 e. The van der Waals surface area contributed by atoms with Crippen molar-refractivity contribution in [2.24, 2.45) is 5.92 Å². The highest BCUT2D eigenvalue weighted by atomic mass is 16.4. The van der Waals surface area contributed by atoms with Gasteiger partial charge in [0.15, 0.2) is 0 Å². The van der Waals surface area contributed by atoms with Gasteiger partial charge < -0.3 is 15.3 Å². The Balaban J connectivity index is 1.79. The Labute approximate surface area is 157 Å². The van der Waals surface area contributed by atoms with Crippen LogP contribution in [0.1, 0.15) is 43.5 Å². The minimum Gasteiger partial charge on any atom is -0.481 e. The zero-order valence-electron chi connectivity index (χ0n) is 15.4. The van der Waals surface area contributed by atoms with E-state index in [4.69, 9.17) is 5.11 Å². The summed E-state index contributed by atoms with van der Waals surface area (Å²) >= 11 is 0. The zero-order chi connectivity index (χ0) is 19.8. The molecule has 1 fully saturated rings. The van der Waals surface area contributed by atoms with Crippen LogP contribution in [-0.4, -0.2) is 52.4 Å². The Bertz CT molecular complexity index is 808. The monoisotopic (exact) mass is 373 g/mol. The average Bonchev–Trinajstić information content (AvgIpc) is 2.92. The van der Waals surface area contributed by atoms with Gasteiger partial charge in [0.1, 0.15) is 12.2 Å². The highest BCUT2D eigenvalue weighted by molar-refractivity contribution is 6.11. The molecule has 2 atom stereocenters. The van der Waals surface area contributed by atoms with E-state index >= 15 is 0 Å². The predicted octanol–water partition coefficient (Wildman–Crippen LogP) is 1.21. The van der Waals surface area contributed by atoms with Crippen molar-refractivity contribution < 1.29 is 24.3 Å². The van der Waals surface area contributed by atoms with Crippen LogP contribution >= 0.6 is 0 Å². The molecule has 2 aliphatic heterocycles. The number of carboxylic acids is 1. The number of hydrogen-bond acceptors (Lipinski definition) is 4. The van der Waals surface area contributed by atoms with Crippen molar-refractivity contribution in [3.8, 4) is 0 Å². The molecule has 2 aliphatic rings. The summed E-state index contributed by atoms with van der Waals surface area (Å²) in [6.45, 7) is 3.55. The van der Waals surface area contributed by atoms with Crippen molar-refractivity contribution in [2.45, 2.75) is 38.8 Å². The number of carbonyl (C=O) groups is 4. The summed E-state index contributed by atoms with van der Waals surface area (Å²) in [5.74, 6) is -1.87. The number of nitrogens with zero attached hydrogens (tertiary/aromatic N) is 2. The first kappa shape index (κ1) is 18.9. The fourth-order valence-electron chi connectivity index (χ4n) is 3.80. The maximum absolute atomic E-state index is 13.0. The van der Waals surface area contributed by atoms with Crippen molar-refractivity contribution in [3.63, 3.8) is 0 Å². The molecule has 1 saturated heterocycles. The lowest BCUT2D eigenvalue weighted by atomic mass is 9.98. The summed E-state index contributed by atoms with van der Waals surface area (Å²) in [4.78, 5) is 51.7. The van der Waals surface area contributed by atoms with E-state index in [1.165, 1.54) is 4.90 Å². The van der Waals surface area contributed by atoms with Gasteiger partial charge in [-0.3, -0.25) is 24.1 Å². The molecule has 8 heteroatoms. The number of para-hydroxylation sites is 1. The van der Waals surface area contributed by atoms with E-state index in [9.17, 15) is 19.2 Å². The van der Waals surface area contributed by atoms with Crippen LogP contribution in [0.25, 0.3) is 0 Å². The molecule has 8 nitrogen and oxygen atoms in total. The van der Waals surface area contributed by atoms with Crippen molar-refractivity contribution in [2.75, 3.05) is 18.0 Å². The molecule has 0 radical (unpaired) electrons. The van der Waals surface area contributed by atoms with Crippen LogP contribution in [0.4, 0.5) is 5.69 Å². The standard InChI is InChI=1S/C19H23N3O5/c1-12(9-17(25)26)10-20-15(23)11-21-18(27)13-5-3-4-6-14(13)22-16(24)7-8-19(21,22)2/h3-6,12H,7-11H2,1-2H3,(H,20,23)(H,25,26). The molecule has 0 saturated carbocycles. The summed E-state index contributed by atoms with van der Waals surface area (Å²) in [7, 11) is 0. The molecule has 0 aliphatic carbocycles. The molecular weight excluding hydrogens is 350 g/mol. The van der Waals surface area contributed by atoms with Crippen LogP contribution in [0, 0.1) is 5.92 Å². The summed E-state index contributed by atoms with van der Waals surface area (Å²) in [5.41, 5.74) is 0.100. The van der Waals surface area contributed by atoms with Crippen molar-refractivity contribution in [1.82, 2.24) is 10.2 Å². The Morgan fingerprint density at radius 3 is 2.70 bits per heavy atom. The topological polar surface area (TPSA) is 107 Å². The highest BCUT2D eigenvalue weighted by Gasteiger charge is 2.53. The maximum atomic E-state index is 13.0. The third-order valence-electron chi connectivity index (χ3n) is 5.22. The lowest BCUT2D eigenvalue weighted by Crippen LogP contribution is -2.63. The quantitative estimate of drug-likeness (QED) is 0.779. The Morgan fingerprint density at radius 1 is 1.30 bits per heavy atom. The third kappa shape index (κ3) is 3.39. The molecule has 2 unspecified atom stereocenters. The molecular formula is C19H23N3O5. The molecule has 0 bridgehead atoms. The number of nitrogens with one attached hydrogen (secondary N) is 1. The van der Waals surface area contributed by atoms with E-state index in [1.54, 1.807) is 43.0 Å². The fraction of sp³-hybridized carbons (Fsp3) is 0.474. The molecule has 2 N–H and O–H groups in total. The average molecular weight is 373 g/mol. The first-order chi connectivity index (χ1) is 12.7. The van der Waals surface area contributed by atoms with Gasteiger partial charge in [-0.15, -0.1) is 0 Å². The zero-order valence-corrected chi connectivity index (χ0v) is 15.4. The molecule has 0 aromatic heterocycles. The molecule has 144 valence electrons. The maximum Gasteiger partial charge on any atom is 0.303 e. The Hall–Kier alpha value is -2.90. The van der Waals surface area contributed by atoms with E-state index in [0.717, 1.165) is 0 Å². The van der Waals surface area contributed by atoms with E-state index in [0.29, 0.717) is 24.1 Å². The van der Waals surface area contributed by atoms with Gasteiger partial charge in [0.2, 0.25) is 11.8 Å². The second-order valence-corrected chi connectivity index (χ2v) is 7.36. The first-order valence-corrected chi connectivity index (χ1v) is 8.96. The molecule has 1 aromatic rings. The Morgan fingerprint density at radius 2 is 2.00 bits per heavy atom. The van der Waals surface area contributed by atoms with Gasteiger partial charge in [0, 0.05) is 19.4 Å². The number of amides is 3. The predicted molar refractivity (Wildman–Crippen MR) is 97.0 cm³/mol. The van der Waals surface area contributed by atoms with Gasteiger partial charge >= 0.3 is 5.97 Å². The minimum atomic E-state index is -0.924. The minimum absolute atomic E-state index is 0.0453. The number of hydrogen-bond donors (Lipinski definition) is 2. The Kier molecular flexibility index (Phi) is 4.91. The van der Waals surface area contributed by atoms with Crippen LogP contribution in [0.5, 0.6) is 0 Å². The summed E-state index contributed by atoms with van der Waals surface area (Å²) in [5, 5.41) is 11.5. The molecule has 1 aromatic carbocycles. The third-order valence-corrected chi connectivity index (χ3v) is 5.22. The van der Waals surface area contributed by atoms with E-state index in [1.807, 2.05) is 0 Å². The van der Waals surface area contributed by atoms with E-state index < -0.39 is 11.6 Å². The second kappa shape index (κ2) is 7.02. The summed E-state index contributed by atoms with van der Waals surface area (Å²) in [6, 6.07) is 6.92. The molecule has 3 amide bonds. The number of benzene rings is 1. The van der Waals surface area contributed by atoms with Crippen LogP contribution in [0.3, 0.4) is 0 Å². The van der Waals surface area contributed by atoms with E-state index in [-0.39, 0.29) is 43.1 Å². The lowest BCUT2D eigenvalue weighted by Gasteiger charge is -2.48. The van der Waals surface area contributed by atoms with Gasteiger partial charge in [-0.1, -0.05) is 19.1 Å². The number of carbonyl (C=O) groups excluding carboxylic acids is 3. The van der Waals surface area contributed by atoms with Crippen LogP contribution in [0.15, 0.2) is 24.3 Å². The summed E-state index contributed by atoms with van der Waals surface area (Å²) < 4.78 is 0. The second-order valence-electron chi connectivity index (χ2n) is 7.36. The highest BCUT2D eigenvalue weighted by Crippen LogP contribution is 2.43. The van der Waals surface area contributed by atoms with E-state index in [2.05, 4.69) is 5.32 Å². The van der Waals surface area contributed by atoms with Gasteiger partial charge in [-0.05, 0) is 31.4 Å². The van der Waals surface area contributed by atoms with Crippen molar-refractivity contribution in [3.05, 3.63) is 29.8 Å². The van der Waals surface area contributed by atoms with Gasteiger partial charge in [0.05, 0.1) is 11.3 Å². The number of carboxylic acid groups (broad SMARTS) is 1. The molecule has 2 heterocycles. The van der Waals surface area contributed by atoms with Gasteiger partial charge in [0.25, 0.3) is 5.91 Å². The molecule has 3 rings (SSSR count). The number of aliphatic carboxylic acids is 1. The number of rotatable bonds is 6. The fourth-order valence-corrected chi connectivity index (χ4v) is 3.80. The first-order valence-electron chi connectivity index (χ1n) is 8.96. The molecule has 27 heavy (non-hydrogen) atoms. The van der Waals surface area contributed by atoms with Crippen LogP contribution < -0.4 is 10.2 Å². The lowest BCUT2D eigenvalue weighted by molar-refractivity contribution is -0.138. The summed E-state index contributed by atoms with van der Waals surface area (Å²) in [6.07, 6.45) is 0.719. The van der Waals surface area contributed by atoms with Crippen molar-refractivity contribution in [1.29, 1.82) is 0 Å². The SMILES string of the molecule is CC(CNC(=O)CN1C(=O)c2ccccc2N2C(=O)CCC12C)CC(=O)O.